The van der Waals surface area contributed by atoms with E-state index in [0.29, 0.717) is 11.5 Å². The summed E-state index contributed by atoms with van der Waals surface area (Å²) in [5.41, 5.74) is 0.456. The van der Waals surface area contributed by atoms with Crippen LogP contribution in [0.3, 0.4) is 0 Å². The van der Waals surface area contributed by atoms with Crippen LogP contribution in [-0.4, -0.2) is 29.3 Å². The molecule has 0 aromatic rings. The van der Waals surface area contributed by atoms with E-state index >= 15 is 0 Å². The van der Waals surface area contributed by atoms with Crippen LogP contribution in [-0.2, 0) is 9.47 Å². The minimum atomic E-state index is 0.114. The van der Waals surface area contributed by atoms with E-state index in [4.69, 9.17) is 9.47 Å². The molecule has 0 amide bonds. The predicted octanol–water partition coefficient (Wildman–Crippen LogP) is 3.81. The highest BCUT2D eigenvalue weighted by molar-refractivity contribution is 14.1. The predicted molar refractivity (Wildman–Crippen MR) is 81.2 cm³/mol. The molecule has 0 N–H and O–H groups in total. The number of rotatable bonds is 4. The zero-order chi connectivity index (χ0) is 12.8. The third-order valence-corrected chi connectivity index (χ3v) is 7.09. The topological polar surface area (TPSA) is 18.5 Å². The van der Waals surface area contributed by atoms with Crippen molar-refractivity contribution in [2.75, 3.05) is 17.6 Å². The monoisotopic (exact) mass is 364 g/mol. The summed E-state index contributed by atoms with van der Waals surface area (Å²) in [5, 5.41) is 0. The molecule has 104 valence electrons. The fraction of sp³-hybridized carbons (Fsp3) is 1.00. The Labute approximate surface area is 124 Å². The first kappa shape index (κ1) is 13.6. The molecule has 2 saturated carbocycles. The van der Waals surface area contributed by atoms with E-state index in [2.05, 4.69) is 36.4 Å². The summed E-state index contributed by atoms with van der Waals surface area (Å²) in [4.78, 5) is 0. The van der Waals surface area contributed by atoms with Gasteiger partial charge in [-0.2, -0.15) is 0 Å². The molecule has 3 rings (SSSR count). The van der Waals surface area contributed by atoms with Crippen LogP contribution in [0.4, 0.5) is 0 Å². The second kappa shape index (κ2) is 4.88. The summed E-state index contributed by atoms with van der Waals surface area (Å²) in [5.74, 6) is 1.66. The van der Waals surface area contributed by atoms with Crippen LogP contribution in [0.15, 0.2) is 0 Å². The van der Waals surface area contributed by atoms with E-state index in [9.17, 15) is 0 Å². The van der Waals surface area contributed by atoms with Crippen molar-refractivity contribution in [2.24, 2.45) is 17.3 Å². The third-order valence-electron chi connectivity index (χ3n) is 5.95. The lowest BCUT2D eigenvalue weighted by Gasteiger charge is -2.49. The Hall–Kier alpha value is 0.650. The number of fused-ring (bicyclic) bond motifs is 2. The molecule has 1 aliphatic heterocycles. The van der Waals surface area contributed by atoms with Gasteiger partial charge in [0.25, 0.3) is 0 Å². The summed E-state index contributed by atoms with van der Waals surface area (Å²) >= 11 is 2.55. The molecule has 0 radical (unpaired) electrons. The Morgan fingerprint density at radius 2 is 2.00 bits per heavy atom. The number of hydrogen-bond acceptors (Lipinski definition) is 2. The van der Waals surface area contributed by atoms with Crippen LogP contribution < -0.4 is 0 Å². The second-order valence-electron chi connectivity index (χ2n) is 6.90. The van der Waals surface area contributed by atoms with Crippen LogP contribution in [0.1, 0.15) is 46.0 Å². The van der Waals surface area contributed by atoms with Gasteiger partial charge in [-0.05, 0) is 49.4 Å². The Morgan fingerprint density at radius 3 is 2.56 bits per heavy atom. The van der Waals surface area contributed by atoms with Crippen molar-refractivity contribution in [3.05, 3.63) is 0 Å². The van der Waals surface area contributed by atoms with Crippen LogP contribution in [0.25, 0.3) is 0 Å². The van der Waals surface area contributed by atoms with E-state index in [0.717, 1.165) is 29.5 Å². The molecule has 1 heterocycles. The number of alkyl halides is 1. The Kier molecular flexibility index (Phi) is 3.70. The molecule has 0 aromatic carbocycles. The molecule has 2 aliphatic carbocycles. The quantitative estimate of drug-likeness (QED) is 0.558. The molecular weight excluding hydrogens is 339 g/mol. The molecule has 1 saturated heterocycles. The minimum Gasteiger partial charge on any atom is -0.376 e. The molecule has 3 fully saturated rings. The highest BCUT2D eigenvalue weighted by atomic mass is 127. The average Bonchev–Trinajstić information content (AvgIpc) is 3.03. The molecular formula is C15H25IO2. The maximum absolute atomic E-state index is 6.54. The molecule has 18 heavy (non-hydrogen) atoms. The normalized spacial score (nSPS) is 45.8. The van der Waals surface area contributed by atoms with E-state index in [1.165, 1.54) is 32.1 Å². The van der Waals surface area contributed by atoms with Crippen LogP contribution >= 0.6 is 22.6 Å². The van der Waals surface area contributed by atoms with Gasteiger partial charge in [0.1, 0.15) is 0 Å². The van der Waals surface area contributed by atoms with Gasteiger partial charge >= 0.3 is 0 Å². The first-order valence-electron chi connectivity index (χ1n) is 7.41. The van der Waals surface area contributed by atoms with Crippen molar-refractivity contribution in [1.82, 2.24) is 0 Å². The minimum absolute atomic E-state index is 0.114. The summed E-state index contributed by atoms with van der Waals surface area (Å²) in [6, 6.07) is 0. The lowest BCUT2D eigenvalue weighted by Crippen LogP contribution is -2.53. The maximum Gasteiger partial charge on any atom is 0.0854 e. The van der Waals surface area contributed by atoms with Crippen LogP contribution in [0.5, 0.6) is 0 Å². The van der Waals surface area contributed by atoms with Gasteiger partial charge in [0.05, 0.1) is 18.3 Å². The fourth-order valence-corrected chi connectivity index (χ4v) is 6.40. The van der Waals surface area contributed by atoms with E-state index < -0.39 is 0 Å². The Bertz CT molecular complexity index is 312. The van der Waals surface area contributed by atoms with Gasteiger partial charge in [-0.25, -0.2) is 0 Å². The number of hydrogen-bond donors (Lipinski definition) is 0. The molecule has 2 bridgehead atoms. The van der Waals surface area contributed by atoms with Crippen molar-refractivity contribution in [3.8, 4) is 0 Å². The van der Waals surface area contributed by atoms with Crippen molar-refractivity contribution < 1.29 is 9.47 Å². The second-order valence-corrected chi connectivity index (χ2v) is 7.66. The van der Waals surface area contributed by atoms with Gasteiger partial charge in [-0.15, -0.1) is 0 Å². The standard InChI is InChI=1S/C15H25IO2/c1-14(2)11-5-6-12(8-11)15(14,10-16)18-9-13-4-3-7-17-13/h11-13H,3-10H2,1-2H3. The van der Waals surface area contributed by atoms with Crippen LogP contribution in [0, 0.1) is 17.3 Å². The molecule has 3 heteroatoms. The summed E-state index contributed by atoms with van der Waals surface area (Å²) in [7, 11) is 0. The van der Waals surface area contributed by atoms with Gasteiger partial charge in [0.15, 0.2) is 0 Å². The van der Waals surface area contributed by atoms with Gasteiger partial charge in [0, 0.05) is 11.0 Å². The van der Waals surface area contributed by atoms with Gasteiger partial charge in [-0.1, -0.05) is 36.4 Å². The zero-order valence-corrected chi connectivity index (χ0v) is 13.7. The number of ether oxygens (including phenoxy) is 2. The zero-order valence-electron chi connectivity index (χ0n) is 11.6. The third kappa shape index (κ3) is 1.87. The molecule has 2 nitrogen and oxygen atoms in total. The molecule has 0 aromatic heterocycles. The molecule has 3 aliphatic rings. The van der Waals surface area contributed by atoms with Crippen molar-refractivity contribution in [1.29, 1.82) is 0 Å². The first-order chi connectivity index (χ1) is 8.60. The van der Waals surface area contributed by atoms with E-state index in [-0.39, 0.29) is 5.60 Å². The maximum atomic E-state index is 6.54. The van der Waals surface area contributed by atoms with Crippen molar-refractivity contribution in [3.63, 3.8) is 0 Å². The number of halogens is 1. The van der Waals surface area contributed by atoms with Crippen molar-refractivity contribution in [2.45, 2.75) is 57.7 Å². The van der Waals surface area contributed by atoms with Crippen molar-refractivity contribution >= 4 is 22.6 Å². The van der Waals surface area contributed by atoms with Crippen LogP contribution in [0.2, 0.25) is 0 Å². The summed E-state index contributed by atoms with van der Waals surface area (Å²) in [6.07, 6.45) is 6.94. The van der Waals surface area contributed by atoms with Gasteiger partial charge < -0.3 is 9.47 Å². The van der Waals surface area contributed by atoms with Gasteiger partial charge in [-0.3, -0.25) is 0 Å². The SMILES string of the molecule is CC1(C)C2CCC(C2)C1(CI)OCC1CCCO1. The smallest absolute Gasteiger partial charge is 0.0854 e. The van der Waals surface area contributed by atoms with E-state index in [1.807, 2.05) is 0 Å². The highest BCUT2D eigenvalue weighted by Crippen LogP contribution is 2.63. The van der Waals surface area contributed by atoms with Gasteiger partial charge in [0.2, 0.25) is 0 Å². The summed E-state index contributed by atoms with van der Waals surface area (Å²) in [6.45, 7) is 6.62. The lowest BCUT2D eigenvalue weighted by atomic mass is 9.66. The largest absolute Gasteiger partial charge is 0.376 e. The lowest BCUT2D eigenvalue weighted by molar-refractivity contribution is -0.154. The first-order valence-corrected chi connectivity index (χ1v) is 8.94. The Morgan fingerprint density at radius 1 is 1.22 bits per heavy atom. The van der Waals surface area contributed by atoms with E-state index in [1.54, 1.807) is 0 Å². The highest BCUT2D eigenvalue weighted by Gasteiger charge is 2.63. The summed E-state index contributed by atoms with van der Waals surface area (Å²) < 4.78 is 13.4. The molecule has 0 spiro atoms. The Balaban J connectivity index is 1.73. The molecule has 4 unspecified atom stereocenters. The average molecular weight is 364 g/mol. The fourth-order valence-electron chi connectivity index (χ4n) is 4.57. The molecule has 4 atom stereocenters.